The fourth-order valence-corrected chi connectivity index (χ4v) is 1.89. The first-order valence-electron chi connectivity index (χ1n) is 5.84. The summed E-state index contributed by atoms with van der Waals surface area (Å²) in [5.74, 6) is -0.355. The van der Waals surface area contributed by atoms with E-state index < -0.39 is 6.10 Å². The Morgan fingerprint density at radius 2 is 2.41 bits per heavy atom. The maximum atomic E-state index is 11.0. The Balaban J connectivity index is 2.30. The molecule has 0 bridgehead atoms. The van der Waals surface area contributed by atoms with Crippen LogP contribution in [0.2, 0.25) is 0 Å². The Bertz CT molecular complexity index is 264. The van der Waals surface area contributed by atoms with Gasteiger partial charge in [0.15, 0.2) is 0 Å². The van der Waals surface area contributed by atoms with E-state index in [1.165, 1.54) is 6.08 Å². The number of aliphatic hydroxyl groups is 2. The maximum Gasteiger partial charge on any atom is 0.330 e. The monoisotopic (exact) mass is 244 g/mol. The van der Waals surface area contributed by atoms with Gasteiger partial charge in [-0.15, -0.1) is 0 Å². The molecule has 2 N–H and O–H groups in total. The highest BCUT2D eigenvalue weighted by Crippen LogP contribution is 2.17. The van der Waals surface area contributed by atoms with Crippen LogP contribution in [-0.4, -0.2) is 48.2 Å². The summed E-state index contributed by atoms with van der Waals surface area (Å²) in [7, 11) is 1.55. The Labute approximate surface area is 101 Å². The van der Waals surface area contributed by atoms with Crippen LogP contribution in [-0.2, 0) is 14.3 Å². The van der Waals surface area contributed by atoms with E-state index in [0.29, 0.717) is 25.7 Å². The second kappa shape index (κ2) is 7.42. The van der Waals surface area contributed by atoms with Crippen molar-refractivity contribution in [3.8, 4) is 0 Å². The molecule has 17 heavy (non-hydrogen) atoms. The molecule has 5 nitrogen and oxygen atoms in total. The molecule has 0 unspecified atom stereocenters. The normalized spacial score (nSPS) is 23.2. The lowest BCUT2D eigenvalue weighted by molar-refractivity contribution is -0.145. The third-order valence-electron chi connectivity index (χ3n) is 2.79. The van der Waals surface area contributed by atoms with Crippen molar-refractivity contribution < 1.29 is 24.5 Å². The third-order valence-corrected chi connectivity index (χ3v) is 2.79. The first kappa shape index (κ1) is 14.2. The zero-order valence-electron chi connectivity index (χ0n) is 10.0. The molecule has 3 atom stereocenters. The van der Waals surface area contributed by atoms with E-state index >= 15 is 0 Å². The van der Waals surface area contributed by atoms with Gasteiger partial charge >= 0.3 is 5.97 Å². The predicted molar refractivity (Wildman–Crippen MR) is 61.4 cm³/mol. The van der Waals surface area contributed by atoms with Gasteiger partial charge in [-0.2, -0.15) is 0 Å². The van der Waals surface area contributed by atoms with E-state index in [4.69, 9.17) is 14.6 Å². The highest BCUT2D eigenvalue weighted by atomic mass is 16.5. The van der Waals surface area contributed by atoms with Gasteiger partial charge in [0.2, 0.25) is 0 Å². The number of hydrogen-bond donors (Lipinski definition) is 2. The van der Waals surface area contributed by atoms with Crippen LogP contribution in [0.25, 0.3) is 0 Å². The summed E-state index contributed by atoms with van der Waals surface area (Å²) in [5.41, 5.74) is 0. The van der Waals surface area contributed by atoms with E-state index in [-0.39, 0.29) is 24.8 Å². The van der Waals surface area contributed by atoms with Gasteiger partial charge in [-0.3, -0.25) is 0 Å². The van der Waals surface area contributed by atoms with Crippen LogP contribution >= 0.6 is 0 Å². The summed E-state index contributed by atoms with van der Waals surface area (Å²) in [6.07, 6.45) is 4.13. The van der Waals surface area contributed by atoms with Crippen molar-refractivity contribution in [1.82, 2.24) is 0 Å². The summed E-state index contributed by atoms with van der Waals surface area (Å²) in [4.78, 5) is 11.0. The molecule has 0 fully saturated rings. The number of carbonyl (C=O) groups is 1. The van der Waals surface area contributed by atoms with E-state index in [1.54, 1.807) is 13.2 Å². The van der Waals surface area contributed by atoms with Crippen molar-refractivity contribution >= 4 is 5.97 Å². The fourth-order valence-electron chi connectivity index (χ4n) is 1.89. The van der Waals surface area contributed by atoms with E-state index in [2.05, 4.69) is 0 Å². The molecule has 0 aromatic carbocycles. The molecule has 0 aromatic rings. The summed E-state index contributed by atoms with van der Waals surface area (Å²) in [6, 6.07) is 0. The minimum atomic E-state index is -0.587. The zero-order valence-corrected chi connectivity index (χ0v) is 10.0. The van der Waals surface area contributed by atoms with E-state index in [9.17, 15) is 9.90 Å². The number of aliphatic hydroxyl groups excluding tert-OH is 2. The van der Waals surface area contributed by atoms with Gasteiger partial charge in [-0.25, -0.2) is 4.79 Å². The number of cyclic esters (lactones) is 1. The number of ether oxygens (including phenoxy) is 2. The van der Waals surface area contributed by atoms with Crippen LogP contribution < -0.4 is 0 Å². The van der Waals surface area contributed by atoms with Crippen LogP contribution in [0.1, 0.15) is 25.7 Å². The first-order chi connectivity index (χ1) is 8.15. The number of esters is 1. The van der Waals surface area contributed by atoms with Crippen LogP contribution in [0, 0.1) is 0 Å². The molecule has 0 aliphatic carbocycles. The molecule has 0 aromatic heterocycles. The lowest BCUT2D eigenvalue weighted by Gasteiger charge is -2.23. The third kappa shape index (κ3) is 5.30. The second-order valence-corrected chi connectivity index (χ2v) is 4.19. The number of rotatable bonds is 7. The summed E-state index contributed by atoms with van der Waals surface area (Å²) in [5, 5.41) is 18.6. The number of hydrogen-bond acceptors (Lipinski definition) is 5. The van der Waals surface area contributed by atoms with Crippen molar-refractivity contribution in [3.63, 3.8) is 0 Å². The summed E-state index contributed by atoms with van der Waals surface area (Å²) in [6.45, 7) is 0.0341. The number of methoxy groups -OCH3 is 1. The summed E-state index contributed by atoms with van der Waals surface area (Å²) >= 11 is 0. The van der Waals surface area contributed by atoms with Gasteiger partial charge in [-0.1, -0.05) is 6.08 Å². The van der Waals surface area contributed by atoms with Crippen LogP contribution in [0.4, 0.5) is 0 Å². The lowest BCUT2D eigenvalue weighted by atomic mass is 10.0. The van der Waals surface area contributed by atoms with Crippen molar-refractivity contribution in [2.75, 3.05) is 13.7 Å². The molecular weight excluding hydrogens is 224 g/mol. The van der Waals surface area contributed by atoms with Gasteiger partial charge in [0.1, 0.15) is 6.10 Å². The minimum Gasteiger partial charge on any atom is -0.459 e. The van der Waals surface area contributed by atoms with Crippen LogP contribution in [0.15, 0.2) is 12.2 Å². The molecule has 1 aliphatic rings. The molecule has 0 spiro atoms. The van der Waals surface area contributed by atoms with Gasteiger partial charge in [0.25, 0.3) is 0 Å². The van der Waals surface area contributed by atoms with E-state index in [0.717, 1.165) is 0 Å². The van der Waals surface area contributed by atoms with Crippen LogP contribution in [0.3, 0.4) is 0 Å². The summed E-state index contributed by atoms with van der Waals surface area (Å²) < 4.78 is 10.2. The van der Waals surface area contributed by atoms with Gasteiger partial charge in [0, 0.05) is 32.6 Å². The molecule has 0 amide bonds. The average Bonchev–Trinajstić information content (AvgIpc) is 2.28. The number of carbonyl (C=O) groups excluding carboxylic acids is 1. The van der Waals surface area contributed by atoms with Gasteiger partial charge < -0.3 is 19.7 Å². The molecule has 0 saturated heterocycles. The maximum absolute atomic E-state index is 11.0. The quantitative estimate of drug-likeness (QED) is 0.634. The average molecular weight is 244 g/mol. The largest absolute Gasteiger partial charge is 0.459 e. The smallest absolute Gasteiger partial charge is 0.330 e. The van der Waals surface area contributed by atoms with Gasteiger partial charge in [-0.05, 0) is 12.8 Å². The van der Waals surface area contributed by atoms with E-state index in [1.807, 2.05) is 0 Å². The first-order valence-corrected chi connectivity index (χ1v) is 5.84. The Morgan fingerprint density at radius 3 is 3.00 bits per heavy atom. The SMILES string of the molecule is CO[C@H](CCO)C[C@H](O)C[C@@H]1CC=CC(=O)O1. The predicted octanol–water partition coefficient (Wildman–Crippen LogP) is 0.397. The van der Waals surface area contributed by atoms with Crippen LogP contribution in [0.5, 0.6) is 0 Å². The van der Waals surface area contributed by atoms with Crippen molar-refractivity contribution in [1.29, 1.82) is 0 Å². The lowest BCUT2D eigenvalue weighted by Crippen LogP contribution is -2.28. The van der Waals surface area contributed by atoms with Crippen molar-refractivity contribution in [2.24, 2.45) is 0 Å². The highest BCUT2D eigenvalue weighted by molar-refractivity contribution is 5.82. The Hall–Kier alpha value is -0.910. The molecule has 1 aliphatic heterocycles. The highest BCUT2D eigenvalue weighted by Gasteiger charge is 2.22. The fraction of sp³-hybridized carbons (Fsp3) is 0.750. The molecular formula is C12H20O5. The molecule has 0 radical (unpaired) electrons. The minimum absolute atomic E-state index is 0.0341. The topological polar surface area (TPSA) is 76.0 Å². The Kier molecular flexibility index (Phi) is 6.18. The zero-order chi connectivity index (χ0) is 12.7. The molecule has 5 heteroatoms. The molecule has 1 heterocycles. The standard InChI is InChI=1S/C12H20O5/c1-16-10(5-6-13)7-9(14)8-11-3-2-4-12(15)17-11/h2,4,9-11,13-14H,3,5-8H2,1H3/t9-,10+,11-/m0/s1. The Morgan fingerprint density at radius 1 is 1.65 bits per heavy atom. The second-order valence-electron chi connectivity index (χ2n) is 4.19. The molecule has 1 rings (SSSR count). The molecule has 98 valence electrons. The van der Waals surface area contributed by atoms with Crippen molar-refractivity contribution in [2.45, 2.75) is 44.0 Å². The molecule has 0 saturated carbocycles. The van der Waals surface area contributed by atoms with Gasteiger partial charge in [0.05, 0.1) is 12.2 Å². The van der Waals surface area contributed by atoms with Crippen molar-refractivity contribution in [3.05, 3.63) is 12.2 Å².